The van der Waals surface area contributed by atoms with Gasteiger partial charge in [-0.1, -0.05) is 0 Å². The molecule has 0 spiro atoms. The molecule has 0 aliphatic rings. The van der Waals surface area contributed by atoms with Crippen LogP contribution in [0, 0.1) is 13.8 Å². The molecule has 0 aliphatic carbocycles. The number of ether oxygens (including phenoxy) is 1. The molecule has 3 N–H and O–H groups in total. The quantitative estimate of drug-likeness (QED) is 0.667. The zero-order valence-electron chi connectivity index (χ0n) is 12.0. The van der Waals surface area contributed by atoms with Crippen molar-refractivity contribution in [2.24, 2.45) is 5.73 Å². The fourth-order valence-corrected chi connectivity index (χ4v) is 1.85. The number of methoxy groups -OCH3 is 1. The topological polar surface area (TPSA) is 82.2 Å². The second kappa shape index (κ2) is 7.91. The lowest BCUT2D eigenvalue weighted by atomic mass is 10.2. The molecule has 0 bridgehead atoms. The summed E-state index contributed by atoms with van der Waals surface area (Å²) in [6.07, 6.45) is 1.38. The molecular formula is C13H24N4O2. The van der Waals surface area contributed by atoms with Crippen molar-refractivity contribution < 1.29 is 9.53 Å². The molecule has 1 aromatic rings. The number of nitrogens with two attached hydrogens (primary N) is 1. The molecule has 6 nitrogen and oxygen atoms in total. The van der Waals surface area contributed by atoms with Gasteiger partial charge in [0.15, 0.2) is 0 Å². The molecular weight excluding hydrogens is 244 g/mol. The maximum absolute atomic E-state index is 11.6. The summed E-state index contributed by atoms with van der Waals surface area (Å²) >= 11 is 0. The van der Waals surface area contributed by atoms with Crippen molar-refractivity contribution in [1.29, 1.82) is 0 Å². The van der Waals surface area contributed by atoms with E-state index in [2.05, 4.69) is 10.4 Å². The van der Waals surface area contributed by atoms with Crippen molar-refractivity contribution >= 4 is 5.91 Å². The maximum Gasteiger partial charge on any atom is 0.237 e. The monoisotopic (exact) mass is 268 g/mol. The first-order valence-corrected chi connectivity index (χ1v) is 6.58. The lowest BCUT2D eigenvalue weighted by Crippen LogP contribution is -2.41. The van der Waals surface area contributed by atoms with E-state index in [0.717, 1.165) is 24.4 Å². The van der Waals surface area contributed by atoms with Crippen LogP contribution in [-0.2, 0) is 16.1 Å². The molecule has 0 aliphatic heterocycles. The minimum absolute atomic E-state index is 0.120. The molecule has 1 atom stereocenters. The van der Waals surface area contributed by atoms with Crippen LogP contribution in [0.3, 0.4) is 0 Å². The highest BCUT2D eigenvalue weighted by molar-refractivity contribution is 5.81. The summed E-state index contributed by atoms with van der Waals surface area (Å²) in [7, 11) is 1.60. The first-order chi connectivity index (χ1) is 9.04. The van der Waals surface area contributed by atoms with Crippen LogP contribution >= 0.6 is 0 Å². The van der Waals surface area contributed by atoms with Gasteiger partial charge in [-0.3, -0.25) is 9.48 Å². The predicted octanol–water partition coefficient (Wildman–Crippen LogP) is 0.370. The minimum Gasteiger partial charge on any atom is -0.385 e. The molecule has 0 fully saturated rings. The van der Waals surface area contributed by atoms with E-state index < -0.39 is 6.04 Å². The van der Waals surface area contributed by atoms with E-state index in [9.17, 15) is 4.79 Å². The highest BCUT2D eigenvalue weighted by Crippen LogP contribution is 2.02. The fraction of sp³-hybridized carbons (Fsp3) is 0.692. The third-order valence-electron chi connectivity index (χ3n) is 2.92. The molecule has 108 valence electrons. The van der Waals surface area contributed by atoms with Crippen molar-refractivity contribution in [1.82, 2.24) is 15.1 Å². The minimum atomic E-state index is -0.492. The van der Waals surface area contributed by atoms with Gasteiger partial charge in [0, 0.05) is 32.5 Å². The van der Waals surface area contributed by atoms with Crippen LogP contribution in [0.25, 0.3) is 0 Å². The van der Waals surface area contributed by atoms with Crippen LogP contribution in [-0.4, -0.2) is 42.0 Å². The van der Waals surface area contributed by atoms with Crippen LogP contribution < -0.4 is 11.1 Å². The van der Waals surface area contributed by atoms with Gasteiger partial charge in [0.2, 0.25) is 5.91 Å². The van der Waals surface area contributed by atoms with Gasteiger partial charge in [0.1, 0.15) is 0 Å². The zero-order chi connectivity index (χ0) is 14.3. The summed E-state index contributed by atoms with van der Waals surface area (Å²) in [5.74, 6) is -0.120. The van der Waals surface area contributed by atoms with Crippen LogP contribution in [0.5, 0.6) is 0 Å². The Bertz CT molecular complexity index is 403. The van der Waals surface area contributed by atoms with E-state index in [1.54, 1.807) is 7.11 Å². The molecule has 1 rings (SSSR count). The van der Waals surface area contributed by atoms with E-state index in [0.29, 0.717) is 19.6 Å². The van der Waals surface area contributed by atoms with Gasteiger partial charge in [-0.2, -0.15) is 5.10 Å². The van der Waals surface area contributed by atoms with E-state index in [-0.39, 0.29) is 5.91 Å². The second-order valence-electron chi connectivity index (χ2n) is 4.68. The van der Waals surface area contributed by atoms with Crippen LogP contribution in [0.1, 0.15) is 24.2 Å². The largest absolute Gasteiger partial charge is 0.385 e. The molecule has 0 saturated carbocycles. The van der Waals surface area contributed by atoms with Gasteiger partial charge in [0.05, 0.1) is 11.7 Å². The molecule has 0 saturated heterocycles. The molecule has 1 amide bonds. The number of carbonyl (C=O) groups is 1. The molecule has 0 radical (unpaired) electrons. The van der Waals surface area contributed by atoms with E-state index in [1.807, 2.05) is 24.6 Å². The van der Waals surface area contributed by atoms with E-state index in [1.165, 1.54) is 0 Å². The van der Waals surface area contributed by atoms with Crippen LogP contribution in [0.15, 0.2) is 6.07 Å². The van der Waals surface area contributed by atoms with Crippen molar-refractivity contribution in [3.63, 3.8) is 0 Å². The standard InChI is InChI=1S/C13H24N4O2/c1-10-9-11(2)17(16-10)7-4-6-15-13(18)12(14)5-8-19-3/h9,12H,4-8,14H2,1-3H3,(H,15,18). The average molecular weight is 268 g/mol. The molecule has 1 unspecified atom stereocenters. The average Bonchev–Trinajstić information content (AvgIpc) is 2.69. The Hall–Kier alpha value is -1.40. The number of aryl methyl sites for hydroxylation is 3. The van der Waals surface area contributed by atoms with Gasteiger partial charge in [0.25, 0.3) is 0 Å². The summed E-state index contributed by atoms with van der Waals surface area (Å²) < 4.78 is 6.84. The van der Waals surface area contributed by atoms with Crippen molar-refractivity contribution in [3.8, 4) is 0 Å². The Morgan fingerprint density at radius 2 is 2.32 bits per heavy atom. The normalized spacial score (nSPS) is 12.4. The number of aromatic nitrogens is 2. The van der Waals surface area contributed by atoms with E-state index >= 15 is 0 Å². The Labute approximate surface area is 114 Å². The number of hydrogen-bond donors (Lipinski definition) is 2. The van der Waals surface area contributed by atoms with Crippen molar-refractivity contribution in [3.05, 3.63) is 17.5 Å². The Morgan fingerprint density at radius 1 is 1.58 bits per heavy atom. The Kier molecular flexibility index (Phi) is 6.52. The highest BCUT2D eigenvalue weighted by Gasteiger charge is 2.11. The molecule has 6 heteroatoms. The number of hydrogen-bond acceptors (Lipinski definition) is 4. The number of rotatable bonds is 8. The third kappa shape index (κ3) is 5.40. The highest BCUT2D eigenvalue weighted by atomic mass is 16.5. The fourth-order valence-electron chi connectivity index (χ4n) is 1.85. The van der Waals surface area contributed by atoms with Crippen molar-refractivity contribution in [2.45, 2.75) is 39.3 Å². The van der Waals surface area contributed by atoms with Crippen LogP contribution in [0.4, 0.5) is 0 Å². The van der Waals surface area contributed by atoms with Crippen LogP contribution in [0.2, 0.25) is 0 Å². The third-order valence-corrected chi connectivity index (χ3v) is 2.92. The summed E-state index contributed by atoms with van der Waals surface area (Å²) in [5.41, 5.74) is 7.87. The van der Waals surface area contributed by atoms with Gasteiger partial charge in [-0.15, -0.1) is 0 Å². The first-order valence-electron chi connectivity index (χ1n) is 6.58. The first kappa shape index (κ1) is 15.7. The maximum atomic E-state index is 11.6. The summed E-state index contributed by atoms with van der Waals surface area (Å²) in [6.45, 7) is 5.91. The van der Waals surface area contributed by atoms with Gasteiger partial charge in [-0.05, 0) is 32.8 Å². The summed E-state index contributed by atoms with van der Waals surface area (Å²) in [6, 6.07) is 1.55. The van der Waals surface area contributed by atoms with Gasteiger partial charge < -0.3 is 15.8 Å². The van der Waals surface area contributed by atoms with Gasteiger partial charge >= 0.3 is 0 Å². The number of carbonyl (C=O) groups excluding carboxylic acids is 1. The number of nitrogens with zero attached hydrogens (tertiary/aromatic N) is 2. The Balaban J connectivity index is 2.20. The zero-order valence-corrected chi connectivity index (χ0v) is 12.0. The van der Waals surface area contributed by atoms with Gasteiger partial charge in [-0.25, -0.2) is 0 Å². The summed E-state index contributed by atoms with van der Waals surface area (Å²) in [5, 5.41) is 7.19. The Morgan fingerprint density at radius 3 is 2.89 bits per heavy atom. The molecule has 0 aromatic carbocycles. The molecule has 19 heavy (non-hydrogen) atoms. The lowest BCUT2D eigenvalue weighted by Gasteiger charge is -2.11. The smallest absolute Gasteiger partial charge is 0.237 e. The number of amides is 1. The van der Waals surface area contributed by atoms with E-state index in [4.69, 9.17) is 10.5 Å². The summed E-state index contributed by atoms with van der Waals surface area (Å²) in [4.78, 5) is 11.6. The van der Waals surface area contributed by atoms with Crippen molar-refractivity contribution in [2.75, 3.05) is 20.3 Å². The SMILES string of the molecule is COCCC(N)C(=O)NCCCn1nc(C)cc1C. The predicted molar refractivity (Wildman–Crippen MR) is 73.8 cm³/mol. The molecule has 1 aromatic heterocycles. The second-order valence-corrected chi connectivity index (χ2v) is 4.68. The number of nitrogens with one attached hydrogen (secondary N) is 1. The lowest BCUT2D eigenvalue weighted by molar-refractivity contribution is -0.122. The molecule has 1 heterocycles.